The highest BCUT2D eigenvalue weighted by molar-refractivity contribution is 7.13. The smallest absolute Gasteiger partial charge is 0.263 e. The third-order valence-corrected chi connectivity index (χ3v) is 3.60. The van der Waals surface area contributed by atoms with Gasteiger partial charge in [0, 0.05) is 12.5 Å². The van der Waals surface area contributed by atoms with Gasteiger partial charge in [-0.2, -0.15) is 0 Å². The molecule has 4 heteroatoms. The summed E-state index contributed by atoms with van der Waals surface area (Å²) in [6.07, 6.45) is 5.67. The van der Waals surface area contributed by atoms with E-state index in [9.17, 15) is 4.79 Å². The van der Waals surface area contributed by atoms with Crippen LogP contribution in [0.2, 0.25) is 5.02 Å². The summed E-state index contributed by atoms with van der Waals surface area (Å²) in [5, 5.41) is 5.19. The number of aryl methyl sites for hydroxylation is 1. The lowest BCUT2D eigenvalue weighted by Gasteiger charge is -2.09. The number of rotatable bonds is 3. The monoisotopic (exact) mass is 241 g/mol. The summed E-state index contributed by atoms with van der Waals surface area (Å²) >= 11 is 7.32. The van der Waals surface area contributed by atoms with Crippen molar-refractivity contribution in [3.63, 3.8) is 0 Å². The van der Waals surface area contributed by atoms with Gasteiger partial charge in [-0.15, -0.1) is 23.7 Å². The van der Waals surface area contributed by atoms with E-state index in [-0.39, 0.29) is 11.9 Å². The molecule has 1 heterocycles. The molecule has 0 bridgehead atoms. The minimum atomic E-state index is -0.152. The fourth-order valence-corrected chi connectivity index (χ4v) is 2.28. The number of amides is 1. The number of thiophene rings is 1. The minimum Gasteiger partial charge on any atom is -0.348 e. The first-order chi connectivity index (χ1) is 7.06. The number of carbonyl (C=O) groups excluding carboxylic acids is 1. The second-order valence-electron chi connectivity index (χ2n) is 3.34. The first-order valence-corrected chi connectivity index (χ1v) is 5.80. The first-order valence-electron chi connectivity index (χ1n) is 4.54. The van der Waals surface area contributed by atoms with Crippen LogP contribution in [0, 0.1) is 19.3 Å². The third-order valence-electron chi connectivity index (χ3n) is 1.91. The van der Waals surface area contributed by atoms with E-state index in [1.807, 2.05) is 19.2 Å². The van der Waals surface area contributed by atoms with Crippen molar-refractivity contribution in [3.8, 4) is 12.3 Å². The topological polar surface area (TPSA) is 29.1 Å². The lowest BCUT2D eigenvalue weighted by molar-refractivity contribution is 0.0945. The van der Waals surface area contributed by atoms with Crippen molar-refractivity contribution in [1.82, 2.24) is 5.32 Å². The van der Waals surface area contributed by atoms with Crippen molar-refractivity contribution >= 4 is 28.8 Å². The Hall–Kier alpha value is -0.980. The Balaban J connectivity index is 2.70. The third kappa shape index (κ3) is 2.98. The van der Waals surface area contributed by atoms with Crippen molar-refractivity contribution in [1.29, 1.82) is 0 Å². The van der Waals surface area contributed by atoms with E-state index < -0.39 is 0 Å². The predicted molar refractivity (Wildman–Crippen MR) is 64.4 cm³/mol. The molecule has 2 nitrogen and oxygen atoms in total. The Morgan fingerprint density at radius 2 is 2.47 bits per heavy atom. The maximum atomic E-state index is 11.7. The molecule has 0 saturated heterocycles. The van der Waals surface area contributed by atoms with Crippen molar-refractivity contribution in [2.45, 2.75) is 26.3 Å². The molecule has 1 N–H and O–H groups in total. The Labute approximate surface area is 98.6 Å². The van der Waals surface area contributed by atoms with Crippen molar-refractivity contribution in [3.05, 3.63) is 20.8 Å². The molecule has 1 rings (SSSR count). The molecule has 1 unspecified atom stereocenters. The minimum absolute atomic E-state index is 0.0269. The molecule has 0 aliphatic carbocycles. The quantitative estimate of drug-likeness (QED) is 0.811. The average Bonchev–Trinajstić information content (AvgIpc) is 2.48. The van der Waals surface area contributed by atoms with E-state index in [4.69, 9.17) is 18.0 Å². The largest absolute Gasteiger partial charge is 0.348 e. The Bertz CT molecular complexity index is 405. The second-order valence-corrected chi connectivity index (χ2v) is 4.60. The summed E-state index contributed by atoms with van der Waals surface area (Å²) in [6.45, 7) is 3.74. The van der Waals surface area contributed by atoms with Crippen LogP contribution in [0.5, 0.6) is 0 Å². The van der Waals surface area contributed by atoms with Crippen molar-refractivity contribution in [2.24, 2.45) is 0 Å². The van der Waals surface area contributed by atoms with Gasteiger partial charge in [-0.3, -0.25) is 4.79 Å². The highest BCUT2D eigenvalue weighted by atomic mass is 35.5. The molecule has 1 atom stereocenters. The van der Waals surface area contributed by atoms with Crippen LogP contribution in [-0.4, -0.2) is 11.9 Å². The van der Waals surface area contributed by atoms with E-state index in [2.05, 4.69) is 11.2 Å². The van der Waals surface area contributed by atoms with Crippen LogP contribution in [-0.2, 0) is 0 Å². The highest BCUT2D eigenvalue weighted by Crippen LogP contribution is 2.26. The summed E-state index contributed by atoms with van der Waals surface area (Å²) < 4.78 is 0. The SMILES string of the molecule is C#CCC(C)NC(=O)c1scc(C)c1Cl. The molecule has 0 aliphatic heterocycles. The van der Waals surface area contributed by atoms with Crippen LogP contribution >= 0.6 is 22.9 Å². The van der Waals surface area contributed by atoms with Gasteiger partial charge in [-0.05, 0) is 24.8 Å². The normalized spacial score (nSPS) is 11.9. The fraction of sp³-hybridized carbons (Fsp3) is 0.364. The van der Waals surface area contributed by atoms with Crippen LogP contribution in [0.4, 0.5) is 0 Å². The number of terminal acetylenes is 1. The van der Waals surface area contributed by atoms with E-state index in [1.165, 1.54) is 11.3 Å². The molecular weight excluding hydrogens is 230 g/mol. The zero-order chi connectivity index (χ0) is 11.4. The molecule has 80 valence electrons. The van der Waals surface area contributed by atoms with Crippen LogP contribution < -0.4 is 5.32 Å². The number of nitrogens with one attached hydrogen (secondary N) is 1. The zero-order valence-electron chi connectivity index (χ0n) is 8.63. The number of hydrogen-bond donors (Lipinski definition) is 1. The lowest BCUT2D eigenvalue weighted by Crippen LogP contribution is -2.31. The van der Waals surface area contributed by atoms with Crippen LogP contribution in [0.1, 0.15) is 28.6 Å². The van der Waals surface area contributed by atoms with E-state index in [1.54, 1.807) is 0 Å². The molecule has 15 heavy (non-hydrogen) atoms. The van der Waals surface area contributed by atoms with Gasteiger partial charge in [-0.25, -0.2) is 0 Å². The Morgan fingerprint density at radius 3 is 2.93 bits per heavy atom. The molecule has 0 saturated carbocycles. The summed E-state index contributed by atoms with van der Waals surface area (Å²) in [7, 11) is 0. The van der Waals surface area contributed by atoms with Crippen molar-refractivity contribution in [2.75, 3.05) is 0 Å². The molecule has 0 spiro atoms. The van der Waals surface area contributed by atoms with Gasteiger partial charge in [0.15, 0.2) is 0 Å². The molecule has 0 radical (unpaired) electrons. The van der Waals surface area contributed by atoms with E-state index in [0.717, 1.165) is 5.56 Å². The van der Waals surface area contributed by atoms with Crippen LogP contribution in [0.3, 0.4) is 0 Å². The van der Waals surface area contributed by atoms with Gasteiger partial charge < -0.3 is 5.32 Å². The predicted octanol–water partition coefficient (Wildman–Crippen LogP) is 2.85. The van der Waals surface area contributed by atoms with Crippen molar-refractivity contribution < 1.29 is 4.79 Å². The van der Waals surface area contributed by atoms with E-state index in [0.29, 0.717) is 16.3 Å². The molecule has 0 aromatic carbocycles. The summed E-state index contributed by atoms with van der Waals surface area (Å²) in [5.74, 6) is 2.35. The number of halogens is 1. The molecular formula is C11H12ClNOS. The molecule has 1 amide bonds. The van der Waals surface area contributed by atoms with Gasteiger partial charge >= 0.3 is 0 Å². The molecule has 1 aromatic rings. The standard InChI is InChI=1S/C11H12ClNOS/c1-4-5-8(3)13-11(14)10-9(12)7(2)6-15-10/h1,6,8H,5H2,2-3H3,(H,13,14). The number of carbonyl (C=O) groups is 1. The van der Waals surface area contributed by atoms with Gasteiger partial charge in [0.1, 0.15) is 4.88 Å². The lowest BCUT2D eigenvalue weighted by atomic mass is 10.2. The highest BCUT2D eigenvalue weighted by Gasteiger charge is 2.15. The van der Waals surface area contributed by atoms with Gasteiger partial charge in [0.2, 0.25) is 0 Å². The zero-order valence-corrected chi connectivity index (χ0v) is 10.2. The van der Waals surface area contributed by atoms with Gasteiger partial charge in [0.05, 0.1) is 5.02 Å². The Kier molecular flexibility index (Phi) is 4.19. The summed E-state index contributed by atoms with van der Waals surface area (Å²) in [4.78, 5) is 12.3. The van der Waals surface area contributed by atoms with Crippen LogP contribution in [0.25, 0.3) is 0 Å². The second kappa shape index (κ2) is 5.20. The van der Waals surface area contributed by atoms with Crippen LogP contribution in [0.15, 0.2) is 5.38 Å². The average molecular weight is 242 g/mol. The maximum absolute atomic E-state index is 11.7. The maximum Gasteiger partial charge on any atom is 0.263 e. The van der Waals surface area contributed by atoms with Gasteiger partial charge in [-0.1, -0.05) is 11.6 Å². The number of hydrogen-bond acceptors (Lipinski definition) is 2. The fourth-order valence-electron chi connectivity index (χ4n) is 1.10. The van der Waals surface area contributed by atoms with Gasteiger partial charge in [0.25, 0.3) is 5.91 Å². The first kappa shape index (κ1) is 12.1. The molecule has 0 aliphatic rings. The summed E-state index contributed by atoms with van der Waals surface area (Å²) in [5.41, 5.74) is 0.927. The molecule has 0 fully saturated rings. The summed E-state index contributed by atoms with van der Waals surface area (Å²) in [6, 6.07) is -0.0269. The van der Waals surface area contributed by atoms with E-state index >= 15 is 0 Å². The Morgan fingerprint density at radius 1 is 1.80 bits per heavy atom. The molecule has 1 aromatic heterocycles.